The van der Waals surface area contributed by atoms with Crippen LogP contribution in [0.3, 0.4) is 0 Å². The predicted molar refractivity (Wildman–Crippen MR) is 44.0 cm³/mol. The summed E-state index contributed by atoms with van der Waals surface area (Å²) < 4.78 is 15.9. The largest absolute Gasteiger partial charge is 0.460 e. The van der Waals surface area contributed by atoms with Crippen LogP contribution in [0.4, 0.5) is 0 Å². The van der Waals surface area contributed by atoms with Gasteiger partial charge in [0, 0.05) is 19.4 Å². The number of rotatable bonds is 1. The highest BCUT2D eigenvalue weighted by Gasteiger charge is 2.41. The molecule has 3 unspecified atom stereocenters. The molecule has 0 amide bonds. The Kier molecular flexibility index (Phi) is 2.51. The lowest BCUT2D eigenvalue weighted by molar-refractivity contribution is -0.157. The van der Waals surface area contributed by atoms with Crippen molar-refractivity contribution in [2.45, 2.75) is 32.2 Å². The van der Waals surface area contributed by atoms with Crippen LogP contribution in [0.15, 0.2) is 0 Å². The summed E-state index contributed by atoms with van der Waals surface area (Å²) in [5.74, 6) is 0.0115. The van der Waals surface area contributed by atoms with Crippen molar-refractivity contribution in [2.75, 3.05) is 13.2 Å². The van der Waals surface area contributed by atoms with Crippen LogP contribution in [0, 0.1) is 5.92 Å². The van der Waals surface area contributed by atoms with Gasteiger partial charge in [-0.1, -0.05) is 0 Å². The van der Waals surface area contributed by atoms with Crippen molar-refractivity contribution in [3.8, 4) is 0 Å². The van der Waals surface area contributed by atoms with Gasteiger partial charge in [-0.3, -0.25) is 4.79 Å². The fraction of sp³-hybridized carbons (Fsp3) is 0.889. The lowest BCUT2D eigenvalue weighted by Crippen LogP contribution is -2.33. The second-order valence-corrected chi connectivity index (χ2v) is 3.53. The molecule has 13 heavy (non-hydrogen) atoms. The number of ether oxygens (including phenoxy) is 3. The van der Waals surface area contributed by atoms with E-state index in [2.05, 4.69) is 0 Å². The van der Waals surface area contributed by atoms with E-state index in [0.29, 0.717) is 6.61 Å². The zero-order valence-corrected chi connectivity index (χ0v) is 7.69. The SMILES string of the molecule is CC(=O)OC1COC2OCCCC12. The van der Waals surface area contributed by atoms with Crippen LogP contribution in [0.5, 0.6) is 0 Å². The quantitative estimate of drug-likeness (QED) is 0.565. The van der Waals surface area contributed by atoms with Crippen molar-refractivity contribution >= 4 is 5.97 Å². The Morgan fingerprint density at radius 3 is 3.08 bits per heavy atom. The van der Waals surface area contributed by atoms with Crippen LogP contribution in [0.1, 0.15) is 19.8 Å². The van der Waals surface area contributed by atoms with Crippen molar-refractivity contribution in [3.63, 3.8) is 0 Å². The van der Waals surface area contributed by atoms with E-state index in [9.17, 15) is 4.79 Å². The Morgan fingerprint density at radius 2 is 2.31 bits per heavy atom. The topological polar surface area (TPSA) is 44.8 Å². The van der Waals surface area contributed by atoms with E-state index in [1.54, 1.807) is 0 Å². The molecule has 4 nitrogen and oxygen atoms in total. The van der Waals surface area contributed by atoms with Gasteiger partial charge >= 0.3 is 5.97 Å². The Balaban J connectivity index is 1.94. The summed E-state index contributed by atoms with van der Waals surface area (Å²) in [7, 11) is 0. The first-order valence-electron chi connectivity index (χ1n) is 4.68. The average Bonchev–Trinajstić information content (AvgIpc) is 2.48. The molecule has 4 heteroatoms. The smallest absolute Gasteiger partial charge is 0.302 e. The third-order valence-electron chi connectivity index (χ3n) is 2.53. The molecule has 0 aromatic carbocycles. The van der Waals surface area contributed by atoms with E-state index in [-0.39, 0.29) is 24.3 Å². The minimum atomic E-state index is -0.236. The minimum Gasteiger partial charge on any atom is -0.460 e. The van der Waals surface area contributed by atoms with Crippen LogP contribution in [0.25, 0.3) is 0 Å². The summed E-state index contributed by atoms with van der Waals surface area (Å²) in [6.07, 6.45) is 1.83. The molecule has 2 saturated heterocycles. The lowest BCUT2D eigenvalue weighted by Gasteiger charge is -2.26. The number of hydrogen-bond donors (Lipinski definition) is 0. The predicted octanol–water partition coefficient (Wildman–Crippen LogP) is 0.701. The minimum absolute atomic E-state index is 0.0946. The summed E-state index contributed by atoms with van der Waals surface area (Å²) >= 11 is 0. The zero-order valence-electron chi connectivity index (χ0n) is 7.69. The van der Waals surface area contributed by atoms with Crippen molar-refractivity contribution in [1.29, 1.82) is 0 Å². The lowest BCUT2D eigenvalue weighted by atomic mass is 9.97. The Labute approximate surface area is 77.1 Å². The molecular weight excluding hydrogens is 172 g/mol. The molecule has 2 aliphatic heterocycles. The zero-order chi connectivity index (χ0) is 9.26. The van der Waals surface area contributed by atoms with Crippen molar-refractivity contribution < 1.29 is 19.0 Å². The van der Waals surface area contributed by atoms with E-state index in [0.717, 1.165) is 19.4 Å². The van der Waals surface area contributed by atoms with Gasteiger partial charge in [-0.25, -0.2) is 0 Å². The van der Waals surface area contributed by atoms with Gasteiger partial charge in [0.25, 0.3) is 0 Å². The Hall–Kier alpha value is -0.610. The molecule has 3 atom stereocenters. The van der Waals surface area contributed by atoms with Gasteiger partial charge < -0.3 is 14.2 Å². The second kappa shape index (κ2) is 3.64. The second-order valence-electron chi connectivity index (χ2n) is 3.53. The van der Waals surface area contributed by atoms with E-state index in [1.807, 2.05) is 0 Å². The molecule has 0 radical (unpaired) electrons. The summed E-state index contributed by atoms with van der Waals surface area (Å²) in [6.45, 7) is 2.67. The van der Waals surface area contributed by atoms with Gasteiger partial charge in [0.05, 0.1) is 6.61 Å². The number of hydrogen-bond acceptors (Lipinski definition) is 4. The maximum atomic E-state index is 10.8. The van der Waals surface area contributed by atoms with Crippen LogP contribution in [0.2, 0.25) is 0 Å². The molecule has 2 rings (SSSR count). The van der Waals surface area contributed by atoms with Crippen molar-refractivity contribution in [2.24, 2.45) is 5.92 Å². The first-order valence-corrected chi connectivity index (χ1v) is 4.68. The first-order chi connectivity index (χ1) is 6.27. The normalized spacial score (nSPS) is 38.4. The molecule has 0 aliphatic carbocycles. The van der Waals surface area contributed by atoms with Crippen LogP contribution >= 0.6 is 0 Å². The molecule has 2 heterocycles. The van der Waals surface area contributed by atoms with Gasteiger partial charge in [0.1, 0.15) is 6.10 Å². The van der Waals surface area contributed by atoms with Crippen LogP contribution in [-0.4, -0.2) is 31.6 Å². The third kappa shape index (κ3) is 1.84. The molecule has 0 N–H and O–H groups in total. The Bertz CT molecular complexity index is 204. The fourth-order valence-corrected chi connectivity index (χ4v) is 1.96. The van der Waals surface area contributed by atoms with Crippen LogP contribution in [-0.2, 0) is 19.0 Å². The monoisotopic (exact) mass is 186 g/mol. The van der Waals surface area contributed by atoms with E-state index in [1.165, 1.54) is 6.92 Å². The standard InChI is InChI=1S/C9H14O4/c1-6(10)13-8-5-12-9-7(8)3-2-4-11-9/h7-9H,2-5H2,1H3. The molecule has 74 valence electrons. The summed E-state index contributed by atoms with van der Waals surface area (Å²) in [6, 6.07) is 0. The van der Waals surface area contributed by atoms with Gasteiger partial charge in [-0.2, -0.15) is 0 Å². The molecule has 0 aromatic heterocycles. The molecule has 2 aliphatic rings. The van der Waals surface area contributed by atoms with E-state index in [4.69, 9.17) is 14.2 Å². The number of carbonyl (C=O) groups excluding carboxylic acids is 1. The van der Waals surface area contributed by atoms with Gasteiger partial charge in [-0.15, -0.1) is 0 Å². The van der Waals surface area contributed by atoms with E-state index < -0.39 is 0 Å². The summed E-state index contributed by atoms with van der Waals surface area (Å²) in [4.78, 5) is 10.8. The maximum Gasteiger partial charge on any atom is 0.302 e. The van der Waals surface area contributed by atoms with E-state index >= 15 is 0 Å². The number of esters is 1. The number of fused-ring (bicyclic) bond motifs is 1. The third-order valence-corrected chi connectivity index (χ3v) is 2.53. The highest BCUT2D eigenvalue weighted by atomic mass is 16.7. The van der Waals surface area contributed by atoms with Crippen molar-refractivity contribution in [3.05, 3.63) is 0 Å². The summed E-state index contributed by atoms with van der Waals surface area (Å²) in [5.41, 5.74) is 0. The highest BCUT2D eigenvalue weighted by Crippen LogP contribution is 2.32. The van der Waals surface area contributed by atoms with Crippen molar-refractivity contribution in [1.82, 2.24) is 0 Å². The molecule has 0 saturated carbocycles. The first kappa shape index (κ1) is 8.97. The summed E-state index contributed by atoms with van der Waals surface area (Å²) in [5, 5.41) is 0. The van der Waals surface area contributed by atoms with Gasteiger partial charge in [0.2, 0.25) is 0 Å². The molecule has 0 aromatic rings. The maximum absolute atomic E-state index is 10.8. The molecule has 2 fully saturated rings. The highest BCUT2D eigenvalue weighted by molar-refractivity contribution is 5.66. The van der Waals surface area contributed by atoms with Crippen LogP contribution < -0.4 is 0 Å². The fourth-order valence-electron chi connectivity index (χ4n) is 1.96. The average molecular weight is 186 g/mol. The molecule has 0 spiro atoms. The number of carbonyl (C=O) groups is 1. The molecular formula is C9H14O4. The molecule has 0 bridgehead atoms. The Morgan fingerprint density at radius 1 is 1.46 bits per heavy atom. The van der Waals surface area contributed by atoms with Gasteiger partial charge in [0.15, 0.2) is 6.29 Å². The van der Waals surface area contributed by atoms with Gasteiger partial charge in [-0.05, 0) is 12.8 Å².